The van der Waals surface area contributed by atoms with E-state index >= 15 is 0 Å². The van der Waals surface area contributed by atoms with Crippen LogP contribution in [0.15, 0.2) is 52.3 Å². The van der Waals surface area contributed by atoms with E-state index in [1.807, 2.05) is 6.07 Å². The second-order valence-corrected chi connectivity index (χ2v) is 7.72. The number of rotatable bonds is 1. The van der Waals surface area contributed by atoms with Crippen molar-refractivity contribution >= 4 is 28.8 Å². The lowest BCUT2D eigenvalue weighted by Gasteiger charge is -2.15. The van der Waals surface area contributed by atoms with Crippen molar-refractivity contribution in [2.75, 3.05) is 34.2 Å². The quantitative estimate of drug-likeness (QED) is 0.793. The van der Waals surface area contributed by atoms with Gasteiger partial charge in [0.1, 0.15) is 0 Å². The van der Waals surface area contributed by atoms with Crippen molar-refractivity contribution < 1.29 is 4.79 Å². The fraction of sp³-hybridized carbons (Fsp3) is 0.250. The van der Waals surface area contributed by atoms with E-state index in [4.69, 9.17) is 0 Å². The number of carbonyl (C=O) groups is 1. The molecular weight excluding hydrogens is 316 g/mol. The molecule has 2 aliphatic rings. The summed E-state index contributed by atoms with van der Waals surface area (Å²) in [6, 6.07) is 14.7. The molecule has 0 aliphatic carbocycles. The Bertz CT molecular complexity index is 870. The van der Waals surface area contributed by atoms with Gasteiger partial charge in [0.15, 0.2) is 0 Å². The first kappa shape index (κ1) is 15.5. The van der Waals surface area contributed by atoms with Crippen LogP contribution in [-0.4, -0.2) is 49.9 Å². The Labute approximate surface area is 147 Å². The first-order valence-corrected chi connectivity index (χ1v) is 8.90. The Kier molecular flexibility index (Phi) is 3.74. The molecule has 0 radical (unpaired) electrons. The van der Waals surface area contributed by atoms with Gasteiger partial charge in [-0.15, -0.1) is 0 Å². The van der Waals surface area contributed by atoms with Crippen LogP contribution in [0.5, 0.6) is 0 Å². The zero-order valence-electron chi connectivity index (χ0n) is 14.2. The summed E-state index contributed by atoms with van der Waals surface area (Å²) in [5, 5.41) is 0. The van der Waals surface area contributed by atoms with Crippen molar-refractivity contribution in [1.29, 1.82) is 0 Å². The minimum Gasteiger partial charge on any atom is -0.345 e. The minimum absolute atomic E-state index is 0.0538. The number of benzene rings is 2. The highest BCUT2D eigenvalue weighted by molar-refractivity contribution is 7.99. The van der Waals surface area contributed by atoms with Crippen LogP contribution in [0.3, 0.4) is 0 Å². The Morgan fingerprint density at radius 3 is 2.42 bits per heavy atom. The molecule has 122 valence electrons. The molecule has 2 aromatic rings. The molecule has 1 amide bonds. The summed E-state index contributed by atoms with van der Waals surface area (Å²) in [5.74, 6) is 0.0538. The van der Waals surface area contributed by atoms with Crippen molar-refractivity contribution in [3.63, 3.8) is 0 Å². The molecule has 24 heavy (non-hydrogen) atoms. The lowest BCUT2D eigenvalue weighted by molar-refractivity contribution is 0.0827. The van der Waals surface area contributed by atoms with Crippen molar-refractivity contribution in [1.82, 2.24) is 9.80 Å². The SMILES string of the molecule is CN1CC2=C(C1)c1cc(C(=O)N(C)C)ccc1Sc1ccccc12. The normalized spacial score (nSPS) is 16.3. The van der Waals surface area contributed by atoms with E-state index in [-0.39, 0.29) is 5.91 Å². The van der Waals surface area contributed by atoms with E-state index in [1.54, 1.807) is 30.8 Å². The molecule has 0 bridgehead atoms. The molecule has 0 saturated heterocycles. The minimum atomic E-state index is 0.0538. The number of carbonyl (C=O) groups excluding carboxylic acids is 1. The highest BCUT2D eigenvalue weighted by Gasteiger charge is 2.28. The van der Waals surface area contributed by atoms with Gasteiger partial charge in [0.2, 0.25) is 0 Å². The maximum absolute atomic E-state index is 12.4. The molecule has 2 aliphatic heterocycles. The summed E-state index contributed by atoms with van der Waals surface area (Å²) in [7, 11) is 5.75. The fourth-order valence-electron chi connectivity index (χ4n) is 3.45. The van der Waals surface area contributed by atoms with E-state index in [9.17, 15) is 4.79 Å². The van der Waals surface area contributed by atoms with Crippen molar-refractivity contribution in [2.45, 2.75) is 9.79 Å². The van der Waals surface area contributed by atoms with Gasteiger partial charge >= 0.3 is 0 Å². The smallest absolute Gasteiger partial charge is 0.253 e. The zero-order chi connectivity index (χ0) is 16.8. The monoisotopic (exact) mass is 336 g/mol. The van der Waals surface area contributed by atoms with Gasteiger partial charge in [-0.2, -0.15) is 0 Å². The van der Waals surface area contributed by atoms with Crippen LogP contribution >= 0.6 is 11.8 Å². The standard InChI is InChI=1S/C20H20N2OS/c1-21(2)20(23)13-8-9-19-15(10-13)17-12-22(3)11-16(17)14-6-4-5-7-18(14)24-19/h4-10H,11-12H2,1-3H3. The van der Waals surface area contributed by atoms with Gasteiger partial charge < -0.3 is 4.90 Å². The third kappa shape index (κ3) is 2.46. The first-order valence-electron chi connectivity index (χ1n) is 8.08. The van der Waals surface area contributed by atoms with Crippen molar-refractivity contribution in [2.24, 2.45) is 0 Å². The van der Waals surface area contributed by atoms with Crippen LogP contribution in [0.4, 0.5) is 0 Å². The van der Waals surface area contributed by atoms with Gasteiger partial charge in [0.25, 0.3) is 5.91 Å². The number of hydrogen-bond donors (Lipinski definition) is 0. The van der Waals surface area contributed by atoms with E-state index < -0.39 is 0 Å². The predicted octanol–water partition coefficient (Wildman–Crippen LogP) is 3.71. The topological polar surface area (TPSA) is 23.6 Å². The lowest BCUT2D eigenvalue weighted by atomic mass is 9.96. The second-order valence-electron chi connectivity index (χ2n) is 6.64. The Hall–Kier alpha value is -2.04. The molecule has 3 nitrogen and oxygen atoms in total. The first-order chi connectivity index (χ1) is 11.5. The van der Waals surface area contributed by atoms with Crippen molar-refractivity contribution in [3.8, 4) is 0 Å². The maximum Gasteiger partial charge on any atom is 0.253 e. The van der Waals surface area contributed by atoms with E-state index in [2.05, 4.69) is 48.3 Å². The Morgan fingerprint density at radius 1 is 1.00 bits per heavy atom. The molecule has 2 aromatic carbocycles. The van der Waals surface area contributed by atoms with E-state index in [0.29, 0.717) is 0 Å². The molecule has 0 unspecified atom stereocenters. The van der Waals surface area contributed by atoms with Crippen LogP contribution in [0.2, 0.25) is 0 Å². The van der Waals surface area contributed by atoms with E-state index in [1.165, 1.54) is 32.1 Å². The average molecular weight is 336 g/mol. The molecule has 0 saturated carbocycles. The van der Waals surface area contributed by atoms with Gasteiger partial charge in [-0.1, -0.05) is 30.0 Å². The largest absolute Gasteiger partial charge is 0.345 e. The van der Waals surface area contributed by atoms with Gasteiger partial charge in [0, 0.05) is 42.5 Å². The number of likely N-dealkylation sites (N-methyl/N-ethyl adjacent to an activating group) is 1. The second kappa shape index (κ2) is 5.80. The summed E-state index contributed by atoms with van der Waals surface area (Å²) in [6.07, 6.45) is 0. The zero-order valence-corrected chi connectivity index (χ0v) is 15.0. The van der Waals surface area contributed by atoms with Crippen LogP contribution in [-0.2, 0) is 0 Å². The molecule has 4 heteroatoms. The summed E-state index contributed by atoms with van der Waals surface area (Å²) in [4.78, 5) is 18.9. The number of hydrogen-bond acceptors (Lipinski definition) is 3. The van der Waals surface area contributed by atoms with Crippen LogP contribution < -0.4 is 0 Å². The van der Waals surface area contributed by atoms with Crippen molar-refractivity contribution in [3.05, 3.63) is 59.2 Å². The predicted molar refractivity (Wildman–Crippen MR) is 99.3 cm³/mol. The molecule has 0 atom stereocenters. The summed E-state index contributed by atoms with van der Waals surface area (Å²) < 4.78 is 0. The molecular formula is C20H20N2OS. The summed E-state index contributed by atoms with van der Waals surface area (Å²) in [5.41, 5.74) is 6.06. The van der Waals surface area contributed by atoms with Gasteiger partial charge in [0.05, 0.1) is 0 Å². The number of amides is 1. The fourth-order valence-corrected chi connectivity index (χ4v) is 4.56. The van der Waals surface area contributed by atoms with E-state index in [0.717, 1.165) is 18.7 Å². The van der Waals surface area contributed by atoms with Gasteiger partial charge in [-0.05, 0) is 53.6 Å². The Balaban J connectivity index is 1.92. The highest BCUT2D eigenvalue weighted by Crippen LogP contribution is 2.46. The molecule has 0 spiro atoms. The van der Waals surface area contributed by atoms with Crippen LogP contribution in [0, 0.1) is 0 Å². The lowest BCUT2D eigenvalue weighted by Crippen LogP contribution is -2.21. The molecule has 2 heterocycles. The highest BCUT2D eigenvalue weighted by atomic mass is 32.2. The van der Waals surface area contributed by atoms with Gasteiger partial charge in [-0.25, -0.2) is 0 Å². The van der Waals surface area contributed by atoms with Crippen LogP contribution in [0.25, 0.3) is 11.1 Å². The maximum atomic E-state index is 12.4. The third-order valence-corrected chi connectivity index (χ3v) is 5.76. The Morgan fingerprint density at radius 2 is 1.67 bits per heavy atom. The van der Waals surface area contributed by atoms with Crippen LogP contribution in [0.1, 0.15) is 21.5 Å². The third-order valence-electron chi connectivity index (χ3n) is 4.61. The average Bonchev–Trinajstić information content (AvgIpc) is 2.91. The molecule has 0 fully saturated rings. The molecule has 0 aromatic heterocycles. The van der Waals surface area contributed by atoms with Gasteiger partial charge in [-0.3, -0.25) is 9.69 Å². The number of fused-ring (bicyclic) bond motifs is 4. The summed E-state index contributed by atoms with van der Waals surface area (Å²) in [6.45, 7) is 1.88. The molecule has 0 N–H and O–H groups in total. The number of nitrogens with zero attached hydrogens (tertiary/aromatic N) is 2. The molecule has 4 rings (SSSR count). The summed E-state index contributed by atoms with van der Waals surface area (Å²) >= 11 is 1.81.